The molecule has 2 N–H and O–H groups in total. The molecule has 6 heteroatoms. The van der Waals surface area contributed by atoms with E-state index in [2.05, 4.69) is 4.98 Å². The second kappa shape index (κ2) is 6.29. The van der Waals surface area contributed by atoms with E-state index in [-0.39, 0.29) is 12.0 Å². The van der Waals surface area contributed by atoms with Crippen molar-refractivity contribution >= 4 is 17.7 Å². The third kappa shape index (κ3) is 2.98. The summed E-state index contributed by atoms with van der Waals surface area (Å²) in [6.45, 7) is 0. The Hall–Kier alpha value is -2.52. The van der Waals surface area contributed by atoms with E-state index in [9.17, 15) is 9.59 Å². The van der Waals surface area contributed by atoms with Crippen LogP contribution in [0.3, 0.4) is 0 Å². The van der Waals surface area contributed by atoms with Gasteiger partial charge in [-0.05, 0) is 11.8 Å². The summed E-state index contributed by atoms with van der Waals surface area (Å²) in [7, 11) is 0. The summed E-state index contributed by atoms with van der Waals surface area (Å²) in [4.78, 5) is 26.2. The summed E-state index contributed by atoms with van der Waals surface area (Å²) in [5, 5.41) is 18.2. The first-order valence-corrected chi connectivity index (χ1v) is 7.31. The van der Waals surface area contributed by atoms with E-state index in [0.717, 1.165) is 0 Å². The normalized spacial score (nSPS) is 10.1. The molecule has 0 fully saturated rings. The highest BCUT2D eigenvalue weighted by Gasteiger charge is 2.19. The van der Waals surface area contributed by atoms with Crippen molar-refractivity contribution in [1.82, 2.24) is 4.98 Å². The lowest BCUT2D eigenvalue weighted by atomic mass is 10.0. The van der Waals surface area contributed by atoms with Gasteiger partial charge in [0.05, 0.1) is 12.1 Å². The van der Waals surface area contributed by atoms with Crippen molar-refractivity contribution in [2.75, 3.05) is 6.26 Å². The average molecular weight is 300 g/mol. The van der Waals surface area contributed by atoms with Crippen LogP contribution >= 0.6 is 11.8 Å². The Morgan fingerprint density at radius 3 is 2.57 bits per heavy atom. The van der Waals surface area contributed by atoms with E-state index in [4.69, 9.17) is 10.4 Å². The zero-order chi connectivity index (χ0) is 15.4. The molecule has 0 saturated carbocycles. The number of aromatic amines is 1. The van der Waals surface area contributed by atoms with Crippen LogP contribution in [-0.4, -0.2) is 22.3 Å². The molecule has 0 bridgehead atoms. The molecule has 1 aromatic carbocycles. The van der Waals surface area contributed by atoms with Crippen LogP contribution in [0.25, 0.3) is 11.3 Å². The van der Waals surface area contributed by atoms with Gasteiger partial charge in [0.2, 0.25) is 0 Å². The first-order valence-electron chi connectivity index (χ1n) is 6.09. The Kier molecular flexibility index (Phi) is 4.45. The highest BCUT2D eigenvalue weighted by atomic mass is 32.2. The van der Waals surface area contributed by atoms with Crippen molar-refractivity contribution in [2.24, 2.45) is 0 Å². The number of thioether (sulfide) groups is 1. The van der Waals surface area contributed by atoms with Crippen LogP contribution in [0, 0.1) is 11.3 Å². The molecular weight excluding hydrogens is 288 g/mol. The van der Waals surface area contributed by atoms with Gasteiger partial charge in [-0.3, -0.25) is 9.59 Å². The van der Waals surface area contributed by atoms with Crippen LogP contribution in [0.2, 0.25) is 0 Å². The first kappa shape index (κ1) is 14.9. The summed E-state index contributed by atoms with van der Waals surface area (Å²) in [6.07, 6.45) is 1.46. The van der Waals surface area contributed by atoms with Gasteiger partial charge in [-0.15, -0.1) is 11.8 Å². The number of hydrogen-bond donors (Lipinski definition) is 2. The molecule has 21 heavy (non-hydrogen) atoms. The number of benzene rings is 1. The summed E-state index contributed by atoms with van der Waals surface area (Å²) in [6, 6.07) is 10.9. The summed E-state index contributed by atoms with van der Waals surface area (Å²) >= 11 is 1.21. The van der Waals surface area contributed by atoms with Crippen molar-refractivity contribution in [2.45, 2.75) is 11.3 Å². The van der Waals surface area contributed by atoms with Gasteiger partial charge >= 0.3 is 5.97 Å². The number of carboxylic acid groups (broad SMARTS) is 1. The summed E-state index contributed by atoms with van der Waals surface area (Å²) in [5.74, 6) is -1.02. The van der Waals surface area contributed by atoms with Crippen LogP contribution in [0.1, 0.15) is 11.1 Å². The Balaban J connectivity index is 2.81. The fourth-order valence-electron chi connectivity index (χ4n) is 2.12. The topological polar surface area (TPSA) is 93.9 Å². The first-order chi connectivity index (χ1) is 10.1. The molecule has 0 amide bonds. The lowest BCUT2D eigenvalue weighted by molar-refractivity contribution is -0.136. The highest BCUT2D eigenvalue weighted by molar-refractivity contribution is 7.98. The maximum atomic E-state index is 12.0. The third-order valence-corrected chi connectivity index (χ3v) is 3.83. The Morgan fingerprint density at radius 2 is 2.05 bits per heavy atom. The lowest BCUT2D eigenvalue weighted by Crippen LogP contribution is -2.17. The quantitative estimate of drug-likeness (QED) is 0.845. The number of H-pyrrole nitrogens is 1. The fourth-order valence-corrected chi connectivity index (χ4v) is 2.88. The number of carboxylic acids is 1. The Labute approximate surface area is 125 Å². The zero-order valence-electron chi connectivity index (χ0n) is 11.2. The molecule has 2 rings (SSSR count). The van der Waals surface area contributed by atoms with Gasteiger partial charge in [0, 0.05) is 10.5 Å². The molecule has 2 aromatic rings. The van der Waals surface area contributed by atoms with Gasteiger partial charge < -0.3 is 10.1 Å². The minimum atomic E-state index is -1.02. The summed E-state index contributed by atoms with van der Waals surface area (Å²) < 4.78 is 0. The molecule has 0 aliphatic rings. The van der Waals surface area contributed by atoms with E-state index < -0.39 is 11.5 Å². The van der Waals surface area contributed by atoms with E-state index in [0.29, 0.717) is 21.7 Å². The molecule has 0 aliphatic heterocycles. The largest absolute Gasteiger partial charge is 0.481 e. The standard InChI is InChI=1S/C15H12N2O3S/c1-21-14-10(7-12(18)19)13(9-5-3-2-4-6-9)17-15(20)11(14)8-16/h2-6H,7H2,1H3,(H,17,20)(H,18,19). The van der Waals surface area contributed by atoms with Gasteiger partial charge in [0.15, 0.2) is 0 Å². The monoisotopic (exact) mass is 300 g/mol. The molecule has 0 unspecified atom stereocenters. The van der Waals surface area contributed by atoms with Crippen LogP contribution in [0.5, 0.6) is 0 Å². The molecule has 0 radical (unpaired) electrons. The number of hydrogen-bond acceptors (Lipinski definition) is 4. The van der Waals surface area contributed by atoms with Crippen LogP contribution in [0.4, 0.5) is 0 Å². The predicted octanol–water partition coefficient (Wildman–Crippen LogP) is 2.26. The number of nitriles is 1. The van der Waals surface area contributed by atoms with E-state index >= 15 is 0 Å². The highest BCUT2D eigenvalue weighted by Crippen LogP contribution is 2.30. The predicted molar refractivity (Wildman–Crippen MR) is 80.3 cm³/mol. The second-order valence-corrected chi connectivity index (χ2v) is 5.08. The van der Waals surface area contributed by atoms with Crippen molar-refractivity contribution < 1.29 is 9.90 Å². The molecule has 0 saturated heterocycles. The maximum absolute atomic E-state index is 12.0. The SMILES string of the molecule is CSc1c(CC(=O)O)c(-c2ccccc2)[nH]c(=O)c1C#N. The number of aliphatic carboxylic acids is 1. The zero-order valence-corrected chi connectivity index (χ0v) is 12.0. The van der Waals surface area contributed by atoms with Crippen LogP contribution < -0.4 is 5.56 Å². The maximum Gasteiger partial charge on any atom is 0.307 e. The molecule has 0 spiro atoms. The lowest BCUT2D eigenvalue weighted by Gasteiger charge is -2.13. The molecule has 5 nitrogen and oxygen atoms in total. The number of carbonyl (C=O) groups is 1. The minimum Gasteiger partial charge on any atom is -0.481 e. The van der Waals surface area contributed by atoms with E-state index in [1.54, 1.807) is 30.5 Å². The van der Waals surface area contributed by atoms with Crippen molar-refractivity contribution in [3.63, 3.8) is 0 Å². The smallest absolute Gasteiger partial charge is 0.307 e. The van der Waals surface area contributed by atoms with Crippen LogP contribution in [0.15, 0.2) is 40.0 Å². The fraction of sp³-hybridized carbons (Fsp3) is 0.133. The van der Waals surface area contributed by atoms with Gasteiger partial charge in [0.25, 0.3) is 5.56 Å². The van der Waals surface area contributed by atoms with E-state index in [1.165, 1.54) is 11.8 Å². The van der Waals surface area contributed by atoms with E-state index in [1.807, 2.05) is 12.1 Å². The van der Waals surface area contributed by atoms with Gasteiger partial charge in [-0.25, -0.2) is 0 Å². The van der Waals surface area contributed by atoms with Crippen LogP contribution in [-0.2, 0) is 11.2 Å². The molecule has 1 aromatic heterocycles. The van der Waals surface area contributed by atoms with Crippen molar-refractivity contribution in [3.05, 3.63) is 51.8 Å². The molecule has 1 heterocycles. The van der Waals surface area contributed by atoms with Gasteiger partial charge in [0.1, 0.15) is 11.6 Å². The van der Waals surface area contributed by atoms with Crippen molar-refractivity contribution in [1.29, 1.82) is 5.26 Å². The number of pyridine rings is 1. The number of rotatable bonds is 4. The molecule has 106 valence electrons. The second-order valence-electron chi connectivity index (χ2n) is 4.26. The van der Waals surface area contributed by atoms with Gasteiger partial charge in [-0.2, -0.15) is 5.26 Å². The number of nitrogens with one attached hydrogen (secondary N) is 1. The molecule has 0 atom stereocenters. The molecule has 0 aliphatic carbocycles. The average Bonchev–Trinajstić information content (AvgIpc) is 2.48. The minimum absolute atomic E-state index is 0.0431. The third-order valence-electron chi connectivity index (χ3n) is 2.97. The summed E-state index contributed by atoms with van der Waals surface area (Å²) in [5.41, 5.74) is 1.07. The number of nitrogens with zero attached hydrogens (tertiary/aromatic N) is 1. The number of aromatic nitrogens is 1. The Morgan fingerprint density at radius 1 is 1.38 bits per heavy atom. The van der Waals surface area contributed by atoms with Gasteiger partial charge in [-0.1, -0.05) is 30.3 Å². The van der Waals surface area contributed by atoms with Crippen molar-refractivity contribution in [3.8, 4) is 17.3 Å². The molecular formula is C15H12N2O3S. The Bertz CT molecular complexity index is 776.